The fraction of sp³-hybridized carbons (Fsp3) is 0.342. The first kappa shape index (κ1) is 34.9. The molecule has 1 aliphatic heterocycles. The van der Waals surface area contributed by atoms with Crippen LogP contribution in [0.5, 0.6) is 5.75 Å². The fourth-order valence-electron chi connectivity index (χ4n) is 5.85. The number of aliphatic imine (C=N–C) groups is 1. The average Bonchev–Trinajstić information content (AvgIpc) is 3.49. The molecule has 1 amide bonds. The van der Waals surface area contributed by atoms with Crippen LogP contribution in [0.3, 0.4) is 0 Å². The Morgan fingerprint density at radius 2 is 1.71 bits per heavy atom. The average molecular weight is 664 g/mol. The van der Waals surface area contributed by atoms with Gasteiger partial charge in [-0.25, -0.2) is 4.99 Å². The highest BCUT2D eigenvalue weighted by molar-refractivity contribution is 6.01. The molecule has 0 fully saturated rings. The standard InChI is InChI=1S/C38H41N5O6/c1-37(2,3)49-33(45)20-21-38(36(46)40-24-28-13-8-12-26-10-4-6-14-31(26)28)34(32-15-7-5-11-29(32)25-41-43-39)48-35(42-38)27-16-18-30(19-17-27)47-23-9-22-44/h4-8,10-19,34,44H,9,20-25H2,1-3H3,(H,40,46)/t34-,38-/m1/s1. The summed E-state index contributed by atoms with van der Waals surface area (Å²) < 4.78 is 18.0. The van der Waals surface area contributed by atoms with Crippen molar-refractivity contribution in [1.82, 2.24) is 5.32 Å². The summed E-state index contributed by atoms with van der Waals surface area (Å²) >= 11 is 0. The Bertz CT molecular complexity index is 1860. The van der Waals surface area contributed by atoms with Crippen molar-refractivity contribution < 1.29 is 28.9 Å². The van der Waals surface area contributed by atoms with Gasteiger partial charge in [0.2, 0.25) is 5.90 Å². The Hall–Kier alpha value is -5.38. The van der Waals surface area contributed by atoms with Gasteiger partial charge < -0.3 is 24.6 Å². The summed E-state index contributed by atoms with van der Waals surface area (Å²) in [5.74, 6) is -0.0690. The molecule has 254 valence electrons. The number of carbonyl (C=O) groups is 2. The van der Waals surface area contributed by atoms with E-state index in [1.165, 1.54) is 0 Å². The molecule has 0 saturated carbocycles. The fourth-order valence-corrected chi connectivity index (χ4v) is 5.85. The van der Waals surface area contributed by atoms with Crippen molar-refractivity contribution >= 4 is 28.5 Å². The van der Waals surface area contributed by atoms with Gasteiger partial charge >= 0.3 is 5.97 Å². The lowest BCUT2D eigenvalue weighted by atomic mass is 9.81. The van der Waals surface area contributed by atoms with Crippen LogP contribution in [-0.4, -0.2) is 47.2 Å². The molecular weight excluding hydrogens is 622 g/mol. The minimum atomic E-state index is -1.60. The van der Waals surface area contributed by atoms with E-state index in [0.29, 0.717) is 35.5 Å². The first-order valence-electron chi connectivity index (χ1n) is 16.3. The second kappa shape index (κ2) is 15.7. The van der Waals surface area contributed by atoms with Crippen LogP contribution >= 0.6 is 0 Å². The van der Waals surface area contributed by atoms with Gasteiger partial charge in [-0.05, 0) is 84.5 Å². The molecule has 0 spiro atoms. The van der Waals surface area contributed by atoms with Crippen LogP contribution in [-0.2, 0) is 32.2 Å². The highest BCUT2D eigenvalue weighted by atomic mass is 16.6. The lowest BCUT2D eigenvalue weighted by Crippen LogP contribution is -2.48. The number of aliphatic hydroxyl groups is 1. The molecule has 0 bridgehead atoms. The predicted octanol–water partition coefficient (Wildman–Crippen LogP) is 7.11. The summed E-state index contributed by atoms with van der Waals surface area (Å²) in [6.45, 7) is 6.00. The predicted molar refractivity (Wildman–Crippen MR) is 187 cm³/mol. The molecule has 5 rings (SSSR count). The maximum atomic E-state index is 14.7. The Morgan fingerprint density at radius 3 is 2.47 bits per heavy atom. The summed E-state index contributed by atoms with van der Waals surface area (Å²) in [6, 6.07) is 28.3. The lowest BCUT2D eigenvalue weighted by Gasteiger charge is -2.32. The minimum Gasteiger partial charge on any atom is -0.494 e. The zero-order valence-electron chi connectivity index (χ0n) is 28.0. The summed E-state index contributed by atoms with van der Waals surface area (Å²) in [5, 5.41) is 18.1. The Morgan fingerprint density at radius 1 is 1.00 bits per heavy atom. The van der Waals surface area contributed by atoms with Crippen LogP contribution < -0.4 is 10.1 Å². The second-order valence-electron chi connectivity index (χ2n) is 12.8. The van der Waals surface area contributed by atoms with Gasteiger partial charge in [-0.2, -0.15) is 0 Å². The van der Waals surface area contributed by atoms with Gasteiger partial charge in [0.15, 0.2) is 11.6 Å². The van der Waals surface area contributed by atoms with Crippen molar-refractivity contribution in [2.75, 3.05) is 13.2 Å². The smallest absolute Gasteiger partial charge is 0.306 e. The van der Waals surface area contributed by atoms with Gasteiger partial charge in [0.05, 0.1) is 13.2 Å². The topological polar surface area (TPSA) is 155 Å². The number of amides is 1. The van der Waals surface area contributed by atoms with Crippen molar-refractivity contribution in [3.63, 3.8) is 0 Å². The van der Waals surface area contributed by atoms with E-state index >= 15 is 0 Å². The molecule has 11 heteroatoms. The van der Waals surface area contributed by atoms with E-state index in [9.17, 15) is 9.59 Å². The first-order chi connectivity index (χ1) is 23.6. The number of azide groups is 1. The highest BCUT2D eigenvalue weighted by Gasteiger charge is 2.53. The van der Waals surface area contributed by atoms with Crippen LogP contribution in [0.4, 0.5) is 0 Å². The summed E-state index contributed by atoms with van der Waals surface area (Å²) in [7, 11) is 0. The molecule has 4 aromatic carbocycles. The minimum absolute atomic E-state index is 0.0182. The number of esters is 1. The Balaban J connectivity index is 1.57. The van der Waals surface area contributed by atoms with Gasteiger partial charge in [-0.1, -0.05) is 71.8 Å². The number of fused-ring (bicyclic) bond motifs is 1. The van der Waals surface area contributed by atoms with Crippen LogP contribution in [0, 0.1) is 0 Å². The van der Waals surface area contributed by atoms with E-state index in [1.54, 1.807) is 45.0 Å². The number of hydrogen-bond donors (Lipinski definition) is 2. The number of aliphatic hydroxyl groups excluding tert-OH is 1. The largest absolute Gasteiger partial charge is 0.494 e. The molecule has 0 unspecified atom stereocenters. The van der Waals surface area contributed by atoms with Gasteiger partial charge in [-0.15, -0.1) is 0 Å². The van der Waals surface area contributed by atoms with Crippen LogP contribution in [0.2, 0.25) is 0 Å². The van der Waals surface area contributed by atoms with E-state index in [0.717, 1.165) is 16.3 Å². The number of hydrogen-bond acceptors (Lipinski definition) is 8. The third-order valence-electron chi connectivity index (χ3n) is 8.12. The zero-order valence-corrected chi connectivity index (χ0v) is 28.0. The summed E-state index contributed by atoms with van der Waals surface area (Å²) in [4.78, 5) is 35.8. The molecule has 4 aromatic rings. The Kier molecular flexibility index (Phi) is 11.2. The number of carbonyl (C=O) groups excluding carboxylic acids is 2. The molecule has 0 aliphatic carbocycles. The van der Waals surface area contributed by atoms with Crippen molar-refractivity contribution in [3.8, 4) is 5.75 Å². The molecule has 0 saturated heterocycles. The molecule has 1 heterocycles. The summed E-state index contributed by atoms with van der Waals surface area (Å²) in [5.41, 5.74) is 9.61. The third-order valence-corrected chi connectivity index (χ3v) is 8.12. The molecule has 1 aliphatic rings. The van der Waals surface area contributed by atoms with E-state index in [4.69, 9.17) is 29.8 Å². The molecule has 2 N–H and O–H groups in total. The number of nitrogens with zero attached hydrogens (tertiary/aromatic N) is 4. The van der Waals surface area contributed by atoms with Gasteiger partial charge in [0.1, 0.15) is 11.4 Å². The monoisotopic (exact) mass is 663 g/mol. The SMILES string of the molecule is CC(C)(C)OC(=O)CC[C@@]1(C(=O)NCc2cccc3ccccc23)N=C(c2ccc(OCCCO)cc2)O[C@@H]1c1ccccc1CN=[N+]=[N-]. The molecule has 0 radical (unpaired) electrons. The van der Waals surface area contributed by atoms with E-state index < -0.39 is 29.1 Å². The van der Waals surface area contributed by atoms with Crippen LogP contribution in [0.1, 0.15) is 68.4 Å². The van der Waals surface area contributed by atoms with E-state index in [-0.39, 0.29) is 38.4 Å². The van der Waals surface area contributed by atoms with Crippen LogP contribution in [0.15, 0.2) is 101 Å². The highest BCUT2D eigenvalue weighted by Crippen LogP contribution is 2.44. The quantitative estimate of drug-likeness (QED) is 0.0482. The molecule has 11 nitrogen and oxygen atoms in total. The summed E-state index contributed by atoms with van der Waals surface area (Å²) in [6.07, 6.45) is -0.590. The van der Waals surface area contributed by atoms with Gasteiger partial charge in [-0.3, -0.25) is 9.59 Å². The maximum absolute atomic E-state index is 14.7. The number of nitrogens with one attached hydrogen (secondary N) is 1. The van der Waals surface area contributed by atoms with Crippen LogP contribution in [0.25, 0.3) is 21.2 Å². The molecule has 49 heavy (non-hydrogen) atoms. The zero-order chi connectivity index (χ0) is 34.9. The molecule has 2 atom stereocenters. The number of rotatable bonds is 14. The van der Waals surface area contributed by atoms with E-state index in [1.807, 2.05) is 66.7 Å². The number of benzene rings is 4. The lowest BCUT2D eigenvalue weighted by molar-refractivity contribution is -0.155. The van der Waals surface area contributed by atoms with Crippen molar-refractivity contribution in [1.29, 1.82) is 0 Å². The Labute approximate surface area is 285 Å². The van der Waals surface area contributed by atoms with Gasteiger partial charge in [0, 0.05) is 36.5 Å². The van der Waals surface area contributed by atoms with Crippen molar-refractivity contribution in [2.24, 2.45) is 10.1 Å². The molecule has 0 aromatic heterocycles. The first-order valence-corrected chi connectivity index (χ1v) is 16.3. The van der Waals surface area contributed by atoms with Crippen molar-refractivity contribution in [3.05, 3.63) is 124 Å². The third kappa shape index (κ3) is 8.56. The van der Waals surface area contributed by atoms with E-state index in [2.05, 4.69) is 15.3 Å². The number of ether oxygens (including phenoxy) is 3. The van der Waals surface area contributed by atoms with Gasteiger partial charge in [0.25, 0.3) is 5.91 Å². The second-order valence-corrected chi connectivity index (χ2v) is 12.8. The normalized spacial score (nSPS) is 17.1. The molecular formula is C38H41N5O6. The maximum Gasteiger partial charge on any atom is 0.306 e. The van der Waals surface area contributed by atoms with Crippen molar-refractivity contribution in [2.45, 2.75) is 70.4 Å².